The van der Waals surface area contributed by atoms with Crippen molar-refractivity contribution in [1.82, 2.24) is 0 Å². The average Bonchev–Trinajstić information content (AvgIpc) is 1.33. The van der Waals surface area contributed by atoms with Crippen molar-refractivity contribution in [3.8, 4) is 0 Å². The van der Waals surface area contributed by atoms with Crippen LogP contribution in [0.25, 0.3) is 0 Å². The van der Waals surface area contributed by atoms with E-state index in [9.17, 15) is 0 Å². The molecule has 2 heteroatoms. The first-order valence-electron chi connectivity index (χ1n) is 2.32. The molecule has 0 aliphatic carbocycles. The molecule has 0 fully saturated rings. The van der Waals surface area contributed by atoms with Gasteiger partial charge in [-0.3, -0.25) is 0 Å². The van der Waals surface area contributed by atoms with E-state index in [-0.39, 0.29) is 30.5 Å². The molecule has 0 bridgehead atoms. The van der Waals surface area contributed by atoms with Crippen LogP contribution in [0.1, 0.15) is 0 Å². The maximum atomic E-state index is 3.25. The van der Waals surface area contributed by atoms with Gasteiger partial charge in [-0.2, -0.15) is 0 Å². The second kappa shape index (κ2) is 15.6. The van der Waals surface area contributed by atoms with Crippen molar-refractivity contribution in [2.24, 2.45) is 0 Å². The Hall–Kier alpha value is 0.541. The van der Waals surface area contributed by atoms with Crippen LogP contribution in [0.4, 0.5) is 0 Å². The van der Waals surface area contributed by atoms with Gasteiger partial charge in [0.1, 0.15) is 0 Å². The maximum absolute atomic E-state index is 3.25. The van der Waals surface area contributed by atoms with Crippen molar-refractivity contribution in [1.29, 1.82) is 0 Å². The van der Waals surface area contributed by atoms with E-state index in [0.717, 1.165) is 0 Å². The smallest absolute Gasteiger partial charge is 0.0379 e. The summed E-state index contributed by atoms with van der Waals surface area (Å²) in [5.74, 6) is 0. The number of hydrogen-bond donors (Lipinski definition) is 0. The van der Waals surface area contributed by atoms with E-state index < -0.39 is 0 Å². The summed E-state index contributed by atoms with van der Waals surface area (Å²) in [6.45, 7) is 13.3. The molecule has 0 atom stereocenters. The molecule has 0 heterocycles. The molecule has 0 aromatic rings. The molecule has 0 nitrogen and oxygen atoms in total. The van der Waals surface area contributed by atoms with E-state index in [4.69, 9.17) is 0 Å². The molecule has 0 N–H and O–H groups in total. The number of allylic oxidation sites excluding steroid dienone is 1. The van der Waals surface area contributed by atoms with E-state index in [0.29, 0.717) is 0 Å². The monoisotopic (exact) mass is 162 g/mol. The molecule has 0 amide bonds. The average molecular weight is 162 g/mol. The zero-order chi connectivity index (χ0) is 6.28. The van der Waals surface area contributed by atoms with Crippen LogP contribution in [-0.2, 0) is 21.7 Å². The molecule has 0 unspecified atom stereocenters. The first kappa shape index (κ1) is 15.8. The van der Waals surface area contributed by atoms with E-state index >= 15 is 0 Å². The summed E-state index contributed by atoms with van der Waals surface area (Å²) in [6.07, 6.45) is 1.50. The van der Waals surface area contributed by atoms with Gasteiger partial charge in [0, 0.05) is 30.5 Å². The molecule has 0 aliphatic rings. The molecule has 1 radical (unpaired) electrons. The van der Waals surface area contributed by atoms with Crippen LogP contribution in [-0.4, -0.2) is 8.80 Å². The van der Waals surface area contributed by atoms with Gasteiger partial charge in [-0.15, -0.1) is 0 Å². The van der Waals surface area contributed by atoms with Crippen molar-refractivity contribution in [2.45, 2.75) is 19.6 Å². The minimum absolute atomic E-state index is 0. The Kier molecular flexibility index (Phi) is 30.9. The summed E-state index contributed by atoms with van der Waals surface area (Å²) in [6, 6.07) is 0. The van der Waals surface area contributed by atoms with E-state index in [1.54, 1.807) is 0 Å². The van der Waals surface area contributed by atoms with Gasteiger partial charge in [0.25, 0.3) is 0 Å². The molecule has 0 aliphatic heterocycles. The van der Waals surface area contributed by atoms with Crippen LogP contribution in [0, 0.1) is 6.92 Å². The van der Waals surface area contributed by atoms with Crippen LogP contribution >= 0.6 is 0 Å². The Morgan fingerprint density at radius 3 is 1.38 bits per heavy atom. The third-order valence-corrected chi connectivity index (χ3v) is 0. The van der Waals surface area contributed by atoms with Crippen molar-refractivity contribution in [3.63, 3.8) is 0 Å². The predicted molar refractivity (Wildman–Crippen MR) is 38.9 cm³/mol. The quantitative estimate of drug-likeness (QED) is 0.379. The van der Waals surface area contributed by atoms with Crippen molar-refractivity contribution in [3.05, 3.63) is 19.6 Å². The van der Waals surface area contributed by atoms with Crippen molar-refractivity contribution >= 4 is 8.80 Å². The summed E-state index contributed by atoms with van der Waals surface area (Å²) < 4.78 is 0. The van der Waals surface area contributed by atoms with Gasteiger partial charge in [-0.25, -0.2) is 19.6 Å². The fraction of sp³-hybridized carbons (Fsp3) is 0.500. The molecule has 0 spiro atoms. The van der Waals surface area contributed by atoms with Gasteiger partial charge in [0.15, 0.2) is 0 Å². The molecular weight excluding hydrogens is 148 g/mol. The van der Waals surface area contributed by atoms with Crippen LogP contribution in [0.3, 0.4) is 0 Å². The van der Waals surface area contributed by atoms with Gasteiger partial charge in [-0.05, 0) is 0 Å². The summed E-state index contributed by atoms with van der Waals surface area (Å²) in [5.41, 5.74) is 0. The first-order valence-corrected chi connectivity index (χ1v) is 5.32. The third-order valence-electron chi connectivity index (χ3n) is 0. The molecule has 47 valence electrons. The molecule has 0 aromatic carbocycles. The molecule has 0 aromatic heterocycles. The Bertz CT molecular complexity index is 32.8. The van der Waals surface area contributed by atoms with Crippen LogP contribution < -0.4 is 0 Å². The summed E-state index contributed by atoms with van der Waals surface area (Å²) in [7, 11) is 0.120. The number of rotatable bonds is 0. The third kappa shape index (κ3) is 686. The second-order valence-corrected chi connectivity index (χ2v) is 4.79. The Balaban J connectivity index is -0.0000000575. The minimum Gasteiger partial charge on any atom is -0.245 e. The molecular formula is C6H14SiTi-. The van der Waals surface area contributed by atoms with Gasteiger partial charge < -0.3 is 0 Å². The summed E-state index contributed by atoms with van der Waals surface area (Å²) >= 11 is 0. The Labute approximate surface area is 69.9 Å². The SMILES string of the molecule is C=C[CH2-].C[Si](C)C.[Ti]. The van der Waals surface area contributed by atoms with Crippen LogP contribution in [0.2, 0.25) is 19.6 Å². The standard InChI is InChI=1S/C3H9Si.C3H5.Ti/c1-4(2)3;1-3-2;/h1-3H3;3H,1-2H2;/q;-1;. The Morgan fingerprint density at radius 1 is 1.38 bits per heavy atom. The van der Waals surface area contributed by atoms with Crippen molar-refractivity contribution < 1.29 is 21.7 Å². The van der Waals surface area contributed by atoms with Crippen LogP contribution in [0.15, 0.2) is 12.7 Å². The topological polar surface area (TPSA) is 0 Å². The van der Waals surface area contributed by atoms with E-state index in [2.05, 4.69) is 33.1 Å². The zero-order valence-corrected chi connectivity index (χ0v) is 8.55. The first-order chi connectivity index (χ1) is 3.15. The second-order valence-electron chi connectivity index (χ2n) is 1.79. The number of hydrogen-bond acceptors (Lipinski definition) is 0. The molecule has 8 heavy (non-hydrogen) atoms. The molecule has 0 rings (SSSR count). The van der Waals surface area contributed by atoms with Gasteiger partial charge in [0.05, 0.1) is 0 Å². The molecule has 0 saturated heterocycles. The van der Waals surface area contributed by atoms with Gasteiger partial charge in [-0.1, -0.05) is 19.6 Å². The maximum Gasteiger partial charge on any atom is 0.0379 e. The van der Waals surface area contributed by atoms with Crippen molar-refractivity contribution in [2.75, 3.05) is 0 Å². The zero-order valence-electron chi connectivity index (χ0n) is 5.99. The van der Waals surface area contributed by atoms with E-state index in [1.807, 2.05) is 0 Å². The largest absolute Gasteiger partial charge is 0.245 e. The fourth-order valence-corrected chi connectivity index (χ4v) is 0. The minimum atomic E-state index is 0. The van der Waals surface area contributed by atoms with Gasteiger partial charge in [0.2, 0.25) is 0 Å². The molecule has 0 saturated carbocycles. The normalized spacial score (nSPS) is 6.00. The van der Waals surface area contributed by atoms with Crippen LogP contribution in [0.5, 0.6) is 0 Å². The fourth-order valence-electron chi connectivity index (χ4n) is 0. The Morgan fingerprint density at radius 2 is 1.38 bits per heavy atom. The summed E-state index contributed by atoms with van der Waals surface area (Å²) in [5, 5.41) is 0. The van der Waals surface area contributed by atoms with Gasteiger partial charge >= 0.3 is 0 Å². The van der Waals surface area contributed by atoms with E-state index in [1.165, 1.54) is 6.08 Å². The summed E-state index contributed by atoms with van der Waals surface area (Å²) in [4.78, 5) is 0. The predicted octanol–water partition coefficient (Wildman–Crippen LogP) is 2.37.